The molecule has 29 heavy (non-hydrogen) atoms. The SMILES string of the molecule is O=C(COC(=O)c1sc2cc(Cl)ccc2c1Cl)c1ccc(C2CCCCC2)cc1. The molecular weight excluding hydrogens is 427 g/mol. The van der Waals surface area contributed by atoms with Gasteiger partial charge in [-0.25, -0.2) is 4.79 Å². The molecule has 0 bridgehead atoms. The van der Waals surface area contributed by atoms with Gasteiger partial charge in [0.2, 0.25) is 0 Å². The highest BCUT2D eigenvalue weighted by molar-refractivity contribution is 7.21. The number of ketones is 1. The Morgan fingerprint density at radius 3 is 2.45 bits per heavy atom. The number of Topliss-reactive ketones (excluding diaryl/α,β-unsaturated/α-hetero) is 1. The second-order valence-corrected chi connectivity index (χ2v) is 9.21. The van der Waals surface area contributed by atoms with Crippen LogP contribution in [0.4, 0.5) is 0 Å². The first kappa shape index (κ1) is 20.4. The first-order chi connectivity index (χ1) is 14.0. The third-order valence-electron chi connectivity index (χ3n) is 5.42. The second kappa shape index (κ2) is 8.86. The summed E-state index contributed by atoms with van der Waals surface area (Å²) in [6, 6.07) is 13.0. The molecule has 0 saturated heterocycles. The van der Waals surface area contributed by atoms with E-state index in [9.17, 15) is 9.59 Å². The van der Waals surface area contributed by atoms with Gasteiger partial charge in [-0.1, -0.05) is 72.8 Å². The number of ether oxygens (including phenoxy) is 1. The summed E-state index contributed by atoms with van der Waals surface area (Å²) >= 11 is 13.5. The molecule has 0 atom stereocenters. The average Bonchev–Trinajstić information content (AvgIpc) is 3.08. The number of benzene rings is 2. The Morgan fingerprint density at radius 1 is 1.00 bits per heavy atom. The van der Waals surface area contributed by atoms with E-state index < -0.39 is 5.97 Å². The molecule has 0 N–H and O–H groups in total. The molecule has 1 aliphatic rings. The second-order valence-electron chi connectivity index (χ2n) is 7.34. The van der Waals surface area contributed by atoms with Crippen molar-refractivity contribution in [3.63, 3.8) is 0 Å². The summed E-state index contributed by atoms with van der Waals surface area (Å²) in [5, 5.41) is 1.65. The van der Waals surface area contributed by atoms with Crippen molar-refractivity contribution in [2.45, 2.75) is 38.0 Å². The normalized spacial score (nSPS) is 14.8. The number of esters is 1. The Kier molecular flexibility index (Phi) is 6.23. The molecule has 3 nitrogen and oxygen atoms in total. The third kappa shape index (κ3) is 4.50. The number of rotatable bonds is 5. The van der Waals surface area contributed by atoms with Crippen LogP contribution >= 0.6 is 34.5 Å². The van der Waals surface area contributed by atoms with Crippen molar-refractivity contribution >= 4 is 56.4 Å². The molecule has 1 aliphatic carbocycles. The summed E-state index contributed by atoms with van der Waals surface area (Å²) in [5.41, 5.74) is 1.83. The summed E-state index contributed by atoms with van der Waals surface area (Å²) in [6.45, 7) is -0.313. The van der Waals surface area contributed by atoms with Crippen molar-refractivity contribution in [1.29, 1.82) is 0 Å². The quantitative estimate of drug-likeness (QED) is 0.305. The minimum atomic E-state index is -0.598. The van der Waals surface area contributed by atoms with Crippen molar-refractivity contribution in [3.05, 3.63) is 68.5 Å². The van der Waals surface area contributed by atoms with Gasteiger partial charge >= 0.3 is 5.97 Å². The van der Waals surface area contributed by atoms with Crippen molar-refractivity contribution in [3.8, 4) is 0 Å². The Labute approximate surface area is 183 Å². The Morgan fingerprint density at radius 2 is 1.72 bits per heavy atom. The van der Waals surface area contributed by atoms with Crippen molar-refractivity contribution in [2.75, 3.05) is 6.61 Å². The van der Waals surface area contributed by atoms with Crippen LogP contribution in [0.25, 0.3) is 10.1 Å². The molecular formula is C23H20Cl2O3S. The first-order valence-electron chi connectivity index (χ1n) is 9.71. The maximum absolute atomic E-state index is 12.4. The number of halogens is 2. The fourth-order valence-corrected chi connectivity index (χ4v) is 5.51. The minimum Gasteiger partial charge on any atom is -0.453 e. The Hall–Kier alpha value is -1.88. The molecule has 1 aromatic heterocycles. The molecule has 4 rings (SSSR count). The predicted molar refractivity (Wildman–Crippen MR) is 119 cm³/mol. The van der Waals surface area contributed by atoms with E-state index in [4.69, 9.17) is 27.9 Å². The van der Waals surface area contributed by atoms with Gasteiger partial charge in [0, 0.05) is 20.7 Å². The summed E-state index contributed by atoms with van der Waals surface area (Å²) < 4.78 is 6.04. The molecule has 1 saturated carbocycles. The van der Waals surface area contributed by atoms with E-state index in [1.165, 1.54) is 49.0 Å². The van der Waals surface area contributed by atoms with Gasteiger partial charge in [-0.05, 0) is 36.5 Å². The summed E-state index contributed by atoms with van der Waals surface area (Å²) in [5.74, 6) is -0.234. The maximum atomic E-state index is 12.4. The first-order valence-corrected chi connectivity index (χ1v) is 11.3. The van der Waals surface area contributed by atoms with Gasteiger partial charge in [-0.3, -0.25) is 4.79 Å². The molecule has 3 aromatic rings. The number of hydrogen-bond donors (Lipinski definition) is 0. The smallest absolute Gasteiger partial charge is 0.350 e. The van der Waals surface area contributed by atoms with Crippen LogP contribution in [0.3, 0.4) is 0 Å². The van der Waals surface area contributed by atoms with Crippen LogP contribution in [0.2, 0.25) is 10.0 Å². The van der Waals surface area contributed by atoms with Crippen LogP contribution in [0, 0.1) is 0 Å². The van der Waals surface area contributed by atoms with Gasteiger partial charge in [0.25, 0.3) is 0 Å². The molecule has 1 fully saturated rings. The monoisotopic (exact) mass is 446 g/mol. The van der Waals surface area contributed by atoms with Gasteiger partial charge in [-0.15, -0.1) is 11.3 Å². The molecule has 6 heteroatoms. The number of carbonyl (C=O) groups excluding carboxylic acids is 2. The summed E-state index contributed by atoms with van der Waals surface area (Å²) in [6.07, 6.45) is 6.29. The van der Waals surface area contributed by atoms with Gasteiger partial charge in [-0.2, -0.15) is 0 Å². The molecule has 0 amide bonds. The molecule has 150 valence electrons. The highest BCUT2D eigenvalue weighted by Crippen LogP contribution is 2.37. The van der Waals surface area contributed by atoms with Crippen molar-refractivity contribution in [2.24, 2.45) is 0 Å². The lowest BCUT2D eigenvalue weighted by Crippen LogP contribution is -2.14. The molecule has 0 aliphatic heterocycles. The van der Waals surface area contributed by atoms with E-state index in [1.54, 1.807) is 18.2 Å². The molecule has 1 heterocycles. The van der Waals surface area contributed by atoms with Crippen LogP contribution < -0.4 is 0 Å². The topological polar surface area (TPSA) is 43.4 Å². The fourth-order valence-electron chi connectivity index (χ4n) is 3.83. The standard InChI is InChI=1S/C23H20Cl2O3S/c24-17-10-11-18-20(12-17)29-22(21(18)25)23(27)28-13-19(26)16-8-6-15(7-9-16)14-4-2-1-3-5-14/h6-12,14H,1-5,13H2. The van der Waals surface area contributed by atoms with Crippen LogP contribution in [-0.4, -0.2) is 18.4 Å². The zero-order valence-corrected chi connectivity index (χ0v) is 18.1. The third-order valence-corrected chi connectivity index (χ3v) is 7.29. The Balaban J connectivity index is 1.40. The minimum absolute atomic E-state index is 0.228. The van der Waals surface area contributed by atoms with Gasteiger partial charge < -0.3 is 4.74 Å². The van der Waals surface area contributed by atoms with Gasteiger partial charge in [0.15, 0.2) is 12.4 Å². The van der Waals surface area contributed by atoms with Crippen LogP contribution in [0.15, 0.2) is 42.5 Å². The number of hydrogen-bond acceptors (Lipinski definition) is 4. The van der Waals surface area contributed by atoms with Crippen LogP contribution in [0.1, 0.15) is 63.6 Å². The Bertz CT molecular complexity index is 1050. The van der Waals surface area contributed by atoms with Crippen LogP contribution in [0.5, 0.6) is 0 Å². The number of thiophene rings is 1. The van der Waals surface area contributed by atoms with Crippen LogP contribution in [-0.2, 0) is 4.74 Å². The summed E-state index contributed by atoms with van der Waals surface area (Å²) in [4.78, 5) is 25.2. The highest BCUT2D eigenvalue weighted by Gasteiger charge is 2.20. The summed E-state index contributed by atoms with van der Waals surface area (Å²) in [7, 11) is 0. The zero-order valence-electron chi connectivity index (χ0n) is 15.8. The van der Waals surface area contributed by atoms with Crippen molar-refractivity contribution < 1.29 is 14.3 Å². The molecule has 0 radical (unpaired) electrons. The molecule has 2 aromatic carbocycles. The van der Waals surface area contributed by atoms with E-state index in [1.807, 2.05) is 24.3 Å². The maximum Gasteiger partial charge on any atom is 0.350 e. The lowest BCUT2D eigenvalue weighted by molar-refractivity contribution is 0.0480. The predicted octanol–water partition coefficient (Wildman–Crippen LogP) is 7.30. The van der Waals surface area contributed by atoms with Gasteiger partial charge in [0.05, 0.1) is 5.02 Å². The van der Waals surface area contributed by atoms with E-state index in [0.717, 1.165) is 10.1 Å². The highest BCUT2D eigenvalue weighted by atomic mass is 35.5. The number of fused-ring (bicyclic) bond motifs is 1. The van der Waals surface area contributed by atoms with E-state index in [2.05, 4.69) is 0 Å². The fraction of sp³-hybridized carbons (Fsp3) is 0.304. The van der Waals surface area contributed by atoms with E-state index >= 15 is 0 Å². The van der Waals surface area contributed by atoms with E-state index in [0.29, 0.717) is 21.5 Å². The number of carbonyl (C=O) groups is 2. The average molecular weight is 447 g/mol. The molecule has 0 spiro atoms. The molecule has 0 unspecified atom stereocenters. The lowest BCUT2D eigenvalue weighted by atomic mass is 9.84. The lowest BCUT2D eigenvalue weighted by Gasteiger charge is -2.22. The van der Waals surface area contributed by atoms with Gasteiger partial charge in [0.1, 0.15) is 4.88 Å². The largest absolute Gasteiger partial charge is 0.453 e. The van der Waals surface area contributed by atoms with Crippen molar-refractivity contribution in [1.82, 2.24) is 0 Å². The van der Waals surface area contributed by atoms with E-state index in [-0.39, 0.29) is 17.3 Å². The zero-order chi connectivity index (χ0) is 20.4.